The van der Waals surface area contributed by atoms with E-state index in [-0.39, 0.29) is 30.4 Å². The van der Waals surface area contributed by atoms with Gasteiger partial charge in [-0.3, -0.25) is 14.9 Å². The van der Waals surface area contributed by atoms with E-state index in [1.807, 2.05) is 28.2 Å². The zero-order valence-electron chi connectivity index (χ0n) is 22.9. The number of β-amino-alcohol motifs (C(OH)–C–C–N with tert-alkyl or cyclic N) is 1. The summed E-state index contributed by atoms with van der Waals surface area (Å²) in [5, 5.41) is 14.6. The molecule has 3 N–H and O–H groups in total. The minimum Gasteiger partial charge on any atom is -0.395 e. The van der Waals surface area contributed by atoms with Crippen LogP contribution < -0.4 is 15.8 Å². The van der Waals surface area contributed by atoms with Crippen molar-refractivity contribution in [3.8, 4) is 0 Å². The molecule has 2 aliphatic heterocycles. The zero-order chi connectivity index (χ0) is 27.6. The van der Waals surface area contributed by atoms with Crippen LogP contribution in [-0.4, -0.2) is 65.3 Å². The first-order valence-electron chi connectivity index (χ1n) is 14.3. The van der Waals surface area contributed by atoms with Gasteiger partial charge in [-0.15, -0.1) is 0 Å². The van der Waals surface area contributed by atoms with Gasteiger partial charge < -0.3 is 20.7 Å². The van der Waals surface area contributed by atoms with E-state index in [1.165, 1.54) is 28.9 Å². The Morgan fingerprint density at radius 3 is 2.73 bits per heavy atom. The number of fused-ring (bicyclic) bond motifs is 1. The summed E-state index contributed by atoms with van der Waals surface area (Å²) in [5.41, 5.74) is 10.5. The van der Waals surface area contributed by atoms with E-state index in [9.17, 15) is 14.3 Å². The van der Waals surface area contributed by atoms with Gasteiger partial charge in [0, 0.05) is 62.8 Å². The van der Waals surface area contributed by atoms with Crippen molar-refractivity contribution in [2.75, 3.05) is 44.3 Å². The summed E-state index contributed by atoms with van der Waals surface area (Å²) < 4.78 is 13.5. The number of carbonyl (C=O) groups is 1. The Bertz CT molecular complexity index is 1320. The number of urea groups is 1. The summed E-state index contributed by atoms with van der Waals surface area (Å²) in [6, 6.07) is 10.4. The smallest absolute Gasteiger partial charge is 0.317 e. The Balaban J connectivity index is 1.20. The SMILES string of the molecule is C[C@H]1C2=CNN(c3ccc(F)cc3)C2=CC2=C1[C@@H](CC(NC(=O)N1CCN(CCO)CC1)c1cccnc1)CC2. The number of benzene rings is 1. The lowest BCUT2D eigenvalue weighted by molar-refractivity contribution is 0.120. The molecule has 40 heavy (non-hydrogen) atoms. The van der Waals surface area contributed by atoms with Crippen LogP contribution in [0.2, 0.25) is 0 Å². The summed E-state index contributed by atoms with van der Waals surface area (Å²) in [6.07, 6.45) is 10.8. The van der Waals surface area contributed by atoms with E-state index >= 15 is 0 Å². The molecule has 2 amide bonds. The normalized spacial score (nSPS) is 23.3. The van der Waals surface area contributed by atoms with E-state index < -0.39 is 0 Å². The standard InChI is InChI=1S/C31H37FN6O2/c1-21-27-20-34-38(26-8-6-25(32)7-9-26)29(27)18-23-5-4-22(30(21)23)17-28(24-3-2-10-33-19-24)35-31(40)37-13-11-36(12-14-37)15-16-39/h2-3,6-10,18-22,28,34,39H,4-5,11-17H2,1H3,(H,35,40)/t21-,22+,28?/m0/s1. The molecule has 3 heterocycles. The van der Waals surface area contributed by atoms with Crippen LogP contribution in [0.25, 0.3) is 0 Å². The number of rotatable bonds is 7. The highest BCUT2D eigenvalue weighted by atomic mass is 19.1. The molecule has 3 atom stereocenters. The van der Waals surface area contributed by atoms with Gasteiger partial charge in [0.1, 0.15) is 5.82 Å². The van der Waals surface area contributed by atoms with Crippen LogP contribution in [0.5, 0.6) is 0 Å². The Morgan fingerprint density at radius 1 is 1.20 bits per heavy atom. The van der Waals surface area contributed by atoms with Crippen LogP contribution in [0, 0.1) is 17.7 Å². The van der Waals surface area contributed by atoms with Gasteiger partial charge in [-0.1, -0.05) is 18.6 Å². The summed E-state index contributed by atoms with van der Waals surface area (Å²) in [6.45, 7) is 5.91. The van der Waals surface area contributed by atoms with Crippen molar-refractivity contribution in [3.63, 3.8) is 0 Å². The van der Waals surface area contributed by atoms with Crippen LogP contribution in [0.15, 0.2) is 83.5 Å². The van der Waals surface area contributed by atoms with Crippen molar-refractivity contribution in [1.82, 2.24) is 25.5 Å². The lowest BCUT2D eigenvalue weighted by atomic mass is 9.78. The summed E-state index contributed by atoms with van der Waals surface area (Å²) in [4.78, 5) is 21.8. The van der Waals surface area contributed by atoms with Crippen molar-refractivity contribution < 1.29 is 14.3 Å². The third-order valence-corrected chi connectivity index (χ3v) is 8.77. The van der Waals surface area contributed by atoms with Crippen molar-refractivity contribution in [3.05, 3.63) is 94.9 Å². The maximum atomic E-state index is 13.5. The molecule has 1 saturated heterocycles. The number of aliphatic hydroxyl groups is 1. The predicted octanol–water partition coefficient (Wildman–Crippen LogP) is 4.12. The second-order valence-corrected chi connectivity index (χ2v) is 11.1. The summed E-state index contributed by atoms with van der Waals surface area (Å²) in [7, 11) is 0. The van der Waals surface area contributed by atoms with Crippen LogP contribution in [-0.2, 0) is 0 Å². The van der Waals surface area contributed by atoms with Crippen molar-refractivity contribution in [1.29, 1.82) is 0 Å². The van der Waals surface area contributed by atoms with Crippen LogP contribution in [0.3, 0.4) is 0 Å². The fourth-order valence-corrected chi connectivity index (χ4v) is 6.66. The molecule has 1 unspecified atom stereocenters. The average Bonchev–Trinajstić information content (AvgIpc) is 3.59. The molecule has 8 nitrogen and oxygen atoms in total. The lowest BCUT2D eigenvalue weighted by Gasteiger charge is -2.36. The molecule has 1 fully saturated rings. The number of aliphatic hydroxyl groups excluding tert-OH is 1. The first-order valence-corrected chi connectivity index (χ1v) is 14.3. The Morgan fingerprint density at radius 2 is 2.00 bits per heavy atom. The van der Waals surface area contributed by atoms with Crippen LogP contribution in [0.4, 0.5) is 14.9 Å². The zero-order valence-corrected chi connectivity index (χ0v) is 22.9. The van der Waals surface area contributed by atoms with Gasteiger partial charge in [-0.2, -0.15) is 0 Å². The number of nitrogens with one attached hydrogen (secondary N) is 2. The number of hydrazine groups is 1. The van der Waals surface area contributed by atoms with Gasteiger partial charge in [-0.05, 0) is 72.7 Å². The number of halogens is 1. The first kappa shape index (κ1) is 26.5. The Kier molecular flexibility index (Phi) is 7.58. The number of carbonyl (C=O) groups excluding carboxylic acids is 1. The number of nitrogens with zero attached hydrogens (tertiary/aromatic N) is 4. The molecule has 210 valence electrons. The van der Waals surface area contributed by atoms with Gasteiger partial charge in [-0.25, -0.2) is 9.18 Å². The molecule has 6 rings (SSSR count). The number of amides is 2. The van der Waals surface area contributed by atoms with E-state index in [4.69, 9.17) is 0 Å². The average molecular weight is 545 g/mol. The highest BCUT2D eigenvalue weighted by Crippen LogP contribution is 2.49. The number of hydrogen-bond acceptors (Lipinski definition) is 6. The van der Waals surface area contributed by atoms with Crippen molar-refractivity contribution in [2.24, 2.45) is 11.8 Å². The van der Waals surface area contributed by atoms with Gasteiger partial charge in [0.15, 0.2) is 0 Å². The minimum atomic E-state index is -0.245. The molecule has 0 bridgehead atoms. The highest BCUT2D eigenvalue weighted by molar-refractivity contribution is 5.75. The molecule has 2 aliphatic carbocycles. The molecule has 1 aromatic heterocycles. The quantitative estimate of drug-likeness (QED) is 0.487. The monoisotopic (exact) mass is 544 g/mol. The molecular weight excluding hydrogens is 507 g/mol. The first-order chi connectivity index (χ1) is 19.5. The number of piperazine rings is 1. The largest absolute Gasteiger partial charge is 0.395 e. The second-order valence-electron chi connectivity index (χ2n) is 11.1. The Hall–Kier alpha value is -3.69. The molecule has 0 radical (unpaired) electrons. The van der Waals surface area contributed by atoms with Crippen molar-refractivity contribution in [2.45, 2.75) is 32.2 Å². The fourth-order valence-electron chi connectivity index (χ4n) is 6.66. The lowest BCUT2D eigenvalue weighted by Crippen LogP contribution is -2.52. The Labute approximate surface area is 234 Å². The molecule has 0 saturated carbocycles. The third-order valence-electron chi connectivity index (χ3n) is 8.77. The molecular formula is C31H37FN6O2. The third kappa shape index (κ3) is 5.23. The highest BCUT2D eigenvalue weighted by Gasteiger charge is 2.39. The van der Waals surface area contributed by atoms with E-state index in [0.29, 0.717) is 25.6 Å². The molecule has 9 heteroatoms. The van der Waals surface area contributed by atoms with Crippen LogP contribution in [0.1, 0.15) is 37.8 Å². The van der Waals surface area contributed by atoms with Crippen LogP contribution >= 0.6 is 0 Å². The fraction of sp³-hybridized carbons (Fsp3) is 0.419. The minimum absolute atomic E-state index is 0.0405. The molecule has 1 aromatic carbocycles. The number of allylic oxidation sites excluding steroid dienone is 4. The second kappa shape index (κ2) is 11.4. The van der Waals surface area contributed by atoms with Gasteiger partial charge >= 0.3 is 6.03 Å². The number of hydrogen-bond donors (Lipinski definition) is 3. The van der Waals surface area contributed by atoms with E-state index in [1.54, 1.807) is 18.3 Å². The predicted molar refractivity (Wildman–Crippen MR) is 152 cm³/mol. The van der Waals surface area contributed by atoms with Gasteiger partial charge in [0.2, 0.25) is 0 Å². The number of aromatic nitrogens is 1. The summed E-state index contributed by atoms with van der Waals surface area (Å²) >= 11 is 0. The molecule has 2 aromatic rings. The molecule has 0 spiro atoms. The van der Waals surface area contributed by atoms with Crippen molar-refractivity contribution >= 4 is 11.7 Å². The summed E-state index contributed by atoms with van der Waals surface area (Å²) in [5.74, 6) is 0.339. The van der Waals surface area contributed by atoms with E-state index in [0.717, 1.165) is 49.3 Å². The number of anilines is 1. The van der Waals surface area contributed by atoms with Gasteiger partial charge in [0.25, 0.3) is 0 Å². The van der Waals surface area contributed by atoms with E-state index in [2.05, 4.69) is 39.8 Å². The molecule has 4 aliphatic rings. The van der Waals surface area contributed by atoms with Gasteiger partial charge in [0.05, 0.1) is 24.0 Å². The maximum absolute atomic E-state index is 13.5. The topological polar surface area (TPSA) is 84.0 Å². The number of pyridine rings is 1. The maximum Gasteiger partial charge on any atom is 0.317 e.